The van der Waals surface area contributed by atoms with Gasteiger partial charge in [-0.05, 0) is 58.0 Å². The number of likely N-dealkylation sites (N-methyl/N-ethyl adjacent to an activating group) is 1. The highest BCUT2D eigenvalue weighted by molar-refractivity contribution is 5.87. The Morgan fingerprint density at radius 2 is 1.90 bits per heavy atom. The molecular weight excluding hydrogens is 530 g/mol. The fraction of sp³-hybridized carbons (Fsp3) is 0.556. The molecule has 13 heteroatoms. The summed E-state index contributed by atoms with van der Waals surface area (Å²) in [6.07, 6.45) is -4.26. The van der Waals surface area contributed by atoms with Gasteiger partial charge in [0.1, 0.15) is 11.9 Å². The van der Waals surface area contributed by atoms with Crippen LogP contribution in [0.4, 0.5) is 0 Å². The van der Waals surface area contributed by atoms with Gasteiger partial charge in [0.2, 0.25) is 6.10 Å². The van der Waals surface area contributed by atoms with Crippen LogP contribution < -0.4 is 4.74 Å². The molecule has 3 unspecified atom stereocenters. The molecule has 0 aromatic heterocycles. The van der Waals surface area contributed by atoms with E-state index in [0.29, 0.717) is 24.9 Å². The van der Waals surface area contributed by atoms with E-state index in [4.69, 9.17) is 24.1 Å². The molecule has 4 N–H and O–H groups in total. The number of phenols is 1. The third-order valence-corrected chi connectivity index (χ3v) is 8.44. The highest BCUT2D eigenvalue weighted by Gasteiger charge is 2.72. The Balaban J connectivity index is 1.42. The van der Waals surface area contributed by atoms with Crippen molar-refractivity contribution in [2.45, 2.75) is 81.0 Å². The molecule has 0 saturated carbocycles. The molecule has 2 heterocycles. The number of hydrogen-bond donors (Lipinski definition) is 4. The standard InChI is InChI=1S/C27H31NO12/c1-12(29)24(34)39-17(25(35)37-13(2)23(32)33)11-19(31)38-16-6-7-27(36)18-10-14-4-5-15(30)21-20(14)26(27,22(16)40-21)8-9-28(18)3/h4-6,12-13,17-18,22,29-30,36H,7-11H2,1-3H3,(H,32,33)/t12?,13?,17?,18-,22+,26+,27-/m1/s1. The second kappa shape index (κ2) is 9.75. The second-order valence-electron chi connectivity index (χ2n) is 10.8. The lowest BCUT2D eigenvalue weighted by Crippen LogP contribution is -2.74. The minimum Gasteiger partial charge on any atom is -0.504 e. The van der Waals surface area contributed by atoms with Gasteiger partial charge in [-0.3, -0.25) is 4.79 Å². The van der Waals surface area contributed by atoms with Crippen molar-refractivity contribution in [1.82, 2.24) is 4.90 Å². The number of likely N-dealkylation sites (tertiary alicyclic amines) is 1. The Morgan fingerprint density at radius 3 is 2.58 bits per heavy atom. The number of carboxylic acids is 1. The molecule has 0 amide bonds. The minimum atomic E-state index is -1.89. The van der Waals surface area contributed by atoms with Crippen LogP contribution in [0.3, 0.4) is 0 Å². The Bertz CT molecular complexity index is 1310. The summed E-state index contributed by atoms with van der Waals surface area (Å²) >= 11 is 0. The maximum absolute atomic E-state index is 13.1. The molecule has 1 fully saturated rings. The summed E-state index contributed by atoms with van der Waals surface area (Å²) in [5, 5.41) is 41.3. The van der Waals surface area contributed by atoms with Crippen LogP contribution in [-0.2, 0) is 45.2 Å². The maximum Gasteiger partial charge on any atom is 0.348 e. The summed E-state index contributed by atoms with van der Waals surface area (Å²) in [6.45, 7) is 2.79. The van der Waals surface area contributed by atoms with Gasteiger partial charge in [-0.25, -0.2) is 14.4 Å². The first-order chi connectivity index (χ1) is 18.8. The zero-order chi connectivity index (χ0) is 29.1. The van der Waals surface area contributed by atoms with Crippen LogP contribution >= 0.6 is 0 Å². The molecule has 2 aliphatic carbocycles. The van der Waals surface area contributed by atoms with Gasteiger partial charge >= 0.3 is 23.9 Å². The summed E-state index contributed by atoms with van der Waals surface area (Å²) < 4.78 is 21.5. The number of phenolic OH excluding ortho intramolecular Hbond substituents is 1. The average Bonchev–Trinajstić information content (AvgIpc) is 3.25. The van der Waals surface area contributed by atoms with Crippen LogP contribution in [0.25, 0.3) is 0 Å². The summed E-state index contributed by atoms with van der Waals surface area (Å²) in [5.41, 5.74) is -0.673. The van der Waals surface area contributed by atoms with Crippen LogP contribution in [0.2, 0.25) is 0 Å². The molecule has 1 aromatic carbocycles. The van der Waals surface area contributed by atoms with E-state index in [1.165, 1.54) is 6.07 Å². The van der Waals surface area contributed by atoms with Crippen molar-refractivity contribution in [1.29, 1.82) is 0 Å². The zero-order valence-electron chi connectivity index (χ0n) is 22.2. The monoisotopic (exact) mass is 561 g/mol. The summed E-state index contributed by atoms with van der Waals surface area (Å²) in [4.78, 5) is 50.8. The van der Waals surface area contributed by atoms with Crippen LogP contribution in [-0.4, -0.2) is 98.9 Å². The zero-order valence-corrected chi connectivity index (χ0v) is 22.2. The van der Waals surface area contributed by atoms with E-state index in [9.17, 15) is 34.5 Å². The normalized spacial score (nSPS) is 30.1. The van der Waals surface area contributed by atoms with E-state index in [2.05, 4.69) is 4.90 Å². The van der Waals surface area contributed by atoms with Crippen LogP contribution in [0.1, 0.15) is 44.2 Å². The highest BCUT2D eigenvalue weighted by Crippen LogP contribution is 2.65. The Morgan fingerprint density at radius 1 is 1.18 bits per heavy atom. The van der Waals surface area contributed by atoms with E-state index in [1.54, 1.807) is 6.08 Å². The smallest absolute Gasteiger partial charge is 0.348 e. The predicted molar refractivity (Wildman–Crippen MR) is 132 cm³/mol. The van der Waals surface area contributed by atoms with E-state index in [0.717, 1.165) is 19.4 Å². The molecule has 4 aliphatic rings. The van der Waals surface area contributed by atoms with Crippen molar-refractivity contribution in [3.63, 3.8) is 0 Å². The van der Waals surface area contributed by atoms with Crippen molar-refractivity contribution in [3.05, 3.63) is 35.1 Å². The number of aliphatic carboxylic acids is 1. The fourth-order valence-electron chi connectivity index (χ4n) is 6.47. The Labute approximate surface area is 228 Å². The Kier molecular flexibility index (Phi) is 6.79. The summed E-state index contributed by atoms with van der Waals surface area (Å²) in [6, 6.07) is 3.09. The molecule has 1 saturated heterocycles. The third kappa shape index (κ3) is 4.11. The van der Waals surface area contributed by atoms with E-state index < -0.39 is 65.7 Å². The summed E-state index contributed by atoms with van der Waals surface area (Å²) in [7, 11) is 1.94. The highest BCUT2D eigenvalue weighted by atomic mass is 16.6. The van der Waals surface area contributed by atoms with Gasteiger partial charge in [0.15, 0.2) is 23.7 Å². The number of aromatic hydroxyl groups is 1. The van der Waals surface area contributed by atoms with E-state index in [-0.39, 0.29) is 29.7 Å². The number of rotatable bonds is 8. The molecule has 1 aromatic rings. The molecule has 1 spiro atoms. The van der Waals surface area contributed by atoms with Crippen molar-refractivity contribution in [2.24, 2.45) is 0 Å². The number of benzene rings is 1. The number of carbonyl (C=O) groups is 4. The summed E-state index contributed by atoms with van der Waals surface area (Å²) in [5.74, 6) is -4.84. The number of piperidine rings is 1. The lowest BCUT2D eigenvalue weighted by atomic mass is 9.50. The SMILES string of the molecule is CC(O)C(=O)OC(CC(=O)OC1=CC[C@@]2(O)[C@H]3Cc4ccc(O)c5c4[C@@]2(CCN3C)[C@H]1O5)C(=O)OC(C)C(=O)O. The van der Waals surface area contributed by atoms with Crippen LogP contribution in [0, 0.1) is 0 Å². The van der Waals surface area contributed by atoms with Gasteiger partial charge in [-0.2, -0.15) is 0 Å². The molecule has 0 radical (unpaired) electrons. The van der Waals surface area contributed by atoms with Crippen molar-refractivity contribution < 1.29 is 58.6 Å². The maximum atomic E-state index is 13.1. The molecular formula is C27H31NO12. The molecule has 13 nitrogen and oxygen atoms in total. The van der Waals surface area contributed by atoms with E-state index >= 15 is 0 Å². The number of aliphatic hydroxyl groups excluding tert-OH is 1. The second-order valence-corrected chi connectivity index (χ2v) is 10.8. The number of carboxylic acid groups (broad SMARTS) is 1. The Hall–Kier alpha value is -3.68. The number of ether oxygens (including phenoxy) is 4. The first-order valence-corrected chi connectivity index (χ1v) is 13.0. The van der Waals surface area contributed by atoms with Gasteiger partial charge in [-0.1, -0.05) is 6.07 Å². The number of hydrogen-bond acceptors (Lipinski definition) is 12. The average molecular weight is 562 g/mol. The van der Waals surface area contributed by atoms with Gasteiger partial charge in [0, 0.05) is 18.0 Å². The number of nitrogens with zero attached hydrogens (tertiary/aromatic N) is 1. The van der Waals surface area contributed by atoms with Crippen molar-refractivity contribution in [2.75, 3.05) is 13.6 Å². The lowest BCUT2D eigenvalue weighted by molar-refractivity contribution is -0.182. The molecule has 5 rings (SSSR count). The van der Waals surface area contributed by atoms with Gasteiger partial charge in [0.25, 0.3) is 0 Å². The number of carbonyl (C=O) groups excluding carboxylic acids is 3. The quantitative estimate of drug-likeness (QED) is 0.244. The fourth-order valence-corrected chi connectivity index (χ4v) is 6.47. The molecule has 2 aliphatic heterocycles. The largest absolute Gasteiger partial charge is 0.504 e. The number of esters is 3. The molecule has 7 atom stereocenters. The minimum absolute atomic E-state index is 0.0642. The van der Waals surface area contributed by atoms with Gasteiger partial charge < -0.3 is 44.3 Å². The van der Waals surface area contributed by atoms with E-state index in [1.807, 2.05) is 13.1 Å². The number of aliphatic hydroxyl groups is 2. The van der Waals surface area contributed by atoms with Crippen LogP contribution in [0.15, 0.2) is 24.0 Å². The van der Waals surface area contributed by atoms with Gasteiger partial charge in [0.05, 0.1) is 17.4 Å². The lowest BCUT2D eigenvalue weighted by Gasteiger charge is -2.61. The third-order valence-electron chi connectivity index (χ3n) is 8.44. The topological polar surface area (TPSA) is 189 Å². The molecule has 2 bridgehead atoms. The first-order valence-electron chi connectivity index (χ1n) is 13.0. The van der Waals surface area contributed by atoms with Crippen LogP contribution in [0.5, 0.6) is 11.5 Å². The van der Waals surface area contributed by atoms with Crippen molar-refractivity contribution >= 4 is 23.9 Å². The van der Waals surface area contributed by atoms with Crippen molar-refractivity contribution in [3.8, 4) is 11.5 Å². The van der Waals surface area contributed by atoms with Gasteiger partial charge in [-0.15, -0.1) is 0 Å². The molecule has 40 heavy (non-hydrogen) atoms. The predicted octanol–water partition coefficient (Wildman–Crippen LogP) is -0.0879. The molecule has 216 valence electrons. The first kappa shape index (κ1) is 27.9.